The fourth-order valence-electron chi connectivity index (χ4n) is 3.51. The Labute approximate surface area is 192 Å². The lowest BCUT2D eigenvalue weighted by molar-refractivity contribution is 0.0255. The zero-order valence-electron chi connectivity index (χ0n) is 18.6. The van der Waals surface area contributed by atoms with E-state index in [1.54, 1.807) is 17.4 Å². The van der Waals surface area contributed by atoms with E-state index in [9.17, 15) is 4.79 Å². The van der Waals surface area contributed by atoms with Gasteiger partial charge >= 0.3 is 0 Å². The van der Waals surface area contributed by atoms with E-state index < -0.39 is 0 Å². The fourth-order valence-corrected chi connectivity index (χ4v) is 4.35. The van der Waals surface area contributed by atoms with Crippen LogP contribution in [0.15, 0.2) is 36.5 Å². The van der Waals surface area contributed by atoms with Gasteiger partial charge < -0.3 is 14.8 Å². The lowest BCUT2D eigenvalue weighted by Crippen LogP contribution is -2.28. The van der Waals surface area contributed by atoms with Gasteiger partial charge in [0.2, 0.25) is 0 Å². The molecule has 168 valence electrons. The zero-order valence-corrected chi connectivity index (χ0v) is 19.4. The molecule has 0 saturated carbocycles. The third-order valence-corrected chi connectivity index (χ3v) is 6.59. The second-order valence-corrected chi connectivity index (χ2v) is 9.07. The van der Waals surface area contributed by atoms with Crippen LogP contribution in [-0.2, 0) is 11.2 Å². The highest BCUT2D eigenvalue weighted by Crippen LogP contribution is 2.31. The summed E-state index contributed by atoms with van der Waals surface area (Å²) >= 11 is 1.64. The Kier molecular flexibility index (Phi) is 7.12. The quantitative estimate of drug-likeness (QED) is 0.567. The number of aryl methyl sites for hydroxylation is 2. The van der Waals surface area contributed by atoms with Crippen LogP contribution in [0.25, 0.3) is 10.6 Å². The smallest absolute Gasteiger partial charge is 0.251 e. The summed E-state index contributed by atoms with van der Waals surface area (Å²) in [5.74, 6) is 0.487. The Morgan fingerprint density at radius 2 is 2.06 bits per heavy atom. The van der Waals surface area contributed by atoms with Gasteiger partial charge in [0.1, 0.15) is 16.9 Å². The van der Waals surface area contributed by atoms with Crippen molar-refractivity contribution in [3.05, 3.63) is 58.4 Å². The fraction of sp³-hybridized carbons (Fsp3) is 0.417. The van der Waals surface area contributed by atoms with Crippen molar-refractivity contribution in [1.29, 1.82) is 0 Å². The van der Waals surface area contributed by atoms with Gasteiger partial charge in [0.15, 0.2) is 0 Å². The Hall–Kier alpha value is -2.84. The molecule has 8 heteroatoms. The molecule has 0 bridgehead atoms. The zero-order chi connectivity index (χ0) is 22.5. The first-order valence-electron chi connectivity index (χ1n) is 11.0. The molecule has 1 aliphatic rings. The van der Waals surface area contributed by atoms with Crippen LogP contribution in [-0.4, -0.2) is 40.4 Å². The van der Waals surface area contributed by atoms with Crippen molar-refractivity contribution in [3.8, 4) is 16.3 Å². The molecule has 1 atom stereocenters. The molecule has 1 fully saturated rings. The largest absolute Gasteiger partial charge is 0.490 e. The number of carbonyl (C=O) groups excluding carboxylic acids is 1. The van der Waals surface area contributed by atoms with Crippen molar-refractivity contribution in [2.45, 2.75) is 52.2 Å². The van der Waals surface area contributed by atoms with Crippen LogP contribution in [0.2, 0.25) is 0 Å². The van der Waals surface area contributed by atoms with Crippen LogP contribution in [0, 0.1) is 6.92 Å². The lowest BCUT2D eigenvalue weighted by Gasteiger charge is -2.24. The SMILES string of the molecule is CCc1cnc(-c2cc(OC3CCOCC3)cc(C(=O)NC(C)c3ccc(C)nn3)c2)s1. The molecule has 32 heavy (non-hydrogen) atoms. The monoisotopic (exact) mass is 452 g/mol. The van der Waals surface area contributed by atoms with E-state index >= 15 is 0 Å². The molecule has 0 spiro atoms. The number of carbonyl (C=O) groups is 1. The number of benzene rings is 1. The maximum atomic E-state index is 13.1. The predicted molar refractivity (Wildman–Crippen MR) is 124 cm³/mol. The van der Waals surface area contributed by atoms with Gasteiger partial charge in [-0.15, -0.1) is 11.3 Å². The van der Waals surface area contributed by atoms with E-state index in [0.29, 0.717) is 30.2 Å². The normalized spacial score (nSPS) is 15.3. The summed E-state index contributed by atoms with van der Waals surface area (Å²) in [6.45, 7) is 7.28. The summed E-state index contributed by atoms with van der Waals surface area (Å²) < 4.78 is 11.7. The van der Waals surface area contributed by atoms with E-state index in [1.165, 1.54) is 4.88 Å². The van der Waals surface area contributed by atoms with Gasteiger partial charge in [-0.3, -0.25) is 4.79 Å². The summed E-state index contributed by atoms with van der Waals surface area (Å²) in [6, 6.07) is 9.14. The first-order chi connectivity index (χ1) is 15.5. The van der Waals surface area contributed by atoms with Gasteiger partial charge in [0, 0.05) is 35.0 Å². The van der Waals surface area contributed by atoms with Crippen LogP contribution in [0.5, 0.6) is 5.75 Å². The average molecular weight is 453 g/mol. The minimum absolute atomic E-state index is 0.0826. The van der Waals surface area contributed by atoms with Crippen molar-refractivity contribution < 1.29 is 14.3 Å². The molecule has 1 unspecified atom stereocenters. The van der Waals surface area contributed by atoms with Crippen molar-refractivity contribution in [2.24, 2.45) is 0 Å². The van der Waals surface area contributed by atoms with Gasteiger partial charge in [0.05, 0.1) is 30.6 Å². The Morgan fingerprint density at radius 1 is 1.25 bits per heavy atom. The maximum Gasteiger partial charge on any atom is 0.251 e. The van der Waals surface area contributed by atoms with Crippen LogP contribution in [0.1, 0.15) is 59.4 Å². The minimum atomic E-state index is -0.273. The first-order valence-corrected chi connectivity index (χ1v) is 11.8. The van der Waals surface area contributed by atoms with Crippen molar-refractivity contribution in [2.75, 3.05) is 13.2 Å². The number of thiazole rings is 1. The molecule has 4 rings (SSSR count). The molecule has 1 saturated heterocycles. The summed E-state index contributed by atoms with van der Waals surface area (Å²) in [5.41, 5.74) is 2.97. The standard InChI is InChI=1S/C24H28N4O3S/c1-4-21-14-25-24(32-21)18-11-17(12-20(13-18)31-19-7-9-30-10-8-19)23(29)26-16(3)22-6-5-15(2)27-28-22/h5-6,11-14,16,19H,4,7-10H2,1-3H3,(H,26,29). The summed E-state index contributed by atoms with van der Waals surface area (Å²) in [4.78, 5) is 18.9. The van der Waals surface area contributed by atoms with E-state index in [1.807, 2.05) is 44.3 Å². The molecule has 1 aliphatic heterocycles. The number of aromatic nitrogens is 3. The molecule has 3 heterocycles. The molecule has 3 aromatic rings. The first kappa shape index (κ1) is 22.4. The van der Waals surface area contributed by atoms with Crippen LogP contribution >= 0.6 is 11.3 Å². The lowest BCUT2D eigenvalue weighted by atomic mass is 10.1. The van der Waals surface area contributed by atoms with Crippen LogP contribution in [0.3, 0.4) is 0 Å². The van der Waals surface area contributed by atoms with Gasteiger partial charge in [-0.25, -0.2) is 4.98 Å². The van der Waals surface area contributed by atoms with E-state index in [0.717, 1.165) is 35.5 Å². The average Bonchev–Trinajstić information content (AvgIpc) is 3.29. The Morgan fingerprint density at radius 3 is 2.75 bits per heavy atom. The number of nitrogens with zero attached hydrogens (tertiary/aromatic N) is 3. The molecule has 7 nitrogen and oxygen atoms in total. The third-order valence-electron chi connectivity index (χ3n) is 5.40. The van der Waals surface area contributed by atoms with E-state index in [2.05, 4.69) is 27.4 Å². The second-order valence-electron chi connectivity index (χ2n) is 7.96. The number of hydrogen-bond donors (Lipinski definition) is 1. The summed E-state index contributed by atoms with van der Waals surface area (Å²) in [6.07, 6.45) is 4.58. The number of ether oxygens (including phenoxy) is 2. The van der Waals surface area contributed by atoms with Crippen molar-refractivity contribution in [3.63, 3.8) is 0 Å². The molecule has 0 radical (unpaired) electrons. The number of rotatable bonds is 7. The van der Waals surface area contributed by atoms with Gasteiger partial charge in [-0.2, -0.15) is 10.2 Å². The molecular formula is C24H28N4O3S. The molecule has 1 N–H and O–H groups in total. The molecule has 0 aliphatic carbocycles. The molecule has 2 aromatic heterocycles. The highest BCUT2D eigenvalue weighted by atomic mass is 32.1. The highest BCUT2D eigenvalue weighted by molar-refractivity contribution is 7.15. The number of nitrogens with one attached hydrogen (secondary N) is 1. The van der Waals surface area contributed by atoms with Gasteiger partial charge in [-0.05, 0) is 50.6 Å². The number of hydrogen-bond acceptors (Lipinski definition) is 7. The van der Waals surface area contributed by atoms with Crippen LogP contribution < -0.4 is 10.1 Å². The van der Waals surface area contributed by atoms with Crippen LogP contribution in [0.4, 0.5) is 0 Å². The van der Waals surface area contributed by atoms with E-state index in [4.69, 9.17) is 9.47 Å². The maximum absolute atomic E-state index is 13.1. The van der Waals surface area contributed by atoms with Gasteiger partial charge in [-0.1, -0.05) is 6.92 Å². The van der Waals surface area contributed by atoms with Crippen molar-refractivity contribution in [1.82, 2.24) is 20.5 Å². The van der Waals surface area contributed by atoms with E-state index in [-0.39, 0.29) is 18.1 Å². The third kappa shape index (κ3) is 5.49. The summed E-state index contributed by atoms with van der Waals surface area (Å²) in [7, 11) is 0. The Balaban J connectivity index is 1.59. The number of amides is 1. The predicted octanol–water partition coefficient (Wildman–Crippen LogP) is 4.52. The molecule has 1 amide bonds. The topological polar surface area (TPSA) is 86.2 Å². The minimum Gasteiger partial charge on any atom is -0.490 e. The highest BCUT2D eigenvalue weighted by Gasteiger charge is 2.19. The van der Waals surface area contributed by atoms with Crippen molar-refractivity contribution >= 4 is 17.2 Å². The van der Waals surface area contributed by atoms with Gasteiger partial charge in [0.25, 0.3) is 5.91 Å². The molecular weight excluding hydrogens is 424 g/mol. The second kappa shape index (κ2) is 10.2. The molecule has 1 aromatic carbocycles. The Bertz CT molecular complexity index is 1060. The summed E-state index contributed by atoms with van der Waals surface area (Å²) in [5, 5.41) is 12.2.